The van der Waals surface area contributed by atoms with E-state index in [1.54, 1.807) is 12.1 Å². The van der Waals surface area contributed by atoms with Gasteiger partial charge in [-0.05, 0) is 41.8 Å². The predicted molar refractivity (Wildman–Crippen MR) is 71.8 cm³/mol. The maximum atomic E-state index is 13.4. The Kier molecular flexibility index (Phi) is 4.13. The zero-order valence-corrected chi connectivity index (χ0v) is 11.2. The molecule has 0 spiro atoms. The first-order valence-corrected chi connectivity index (χ1v) is 6.24. The van der Waals surface area contributed by atoms with E-state index in [0.717, 1.165) is 23.8 Å². The molecule has 104 valence electrons. The van der Waals surface area contributed by atoms with Gasteiger partial charge in [0.25, 0.3) is 0 Å². The Hall–Kier alpha value is -2.23. The molecule has 0 aliphatic carbocycles. The molecule has 0 aliphatic rings. The number of hydrogen-bond acceptors (Lipinski definition) is 2. The average molecular weight is 276 g/mol. The summed E-state index contributed by atoms with van der Waals surface area (Å²) in [6.07, 6.45) is 0. The molecule has 0 N–H and O–H groups in total. The Balaban J connectivity index is 2.17. The number of carbonyl (C=O) groups is 1. The van der Waals surface area contributed by atoms with Crippen LogP contribution in [0.1, 0.15) is 35.7 Å². The molecule has 0 fully saturated rings. The summed E-state index contributed by atoms with van der Waals surface area (Å²) in [4.78, 5) is 11.8. The quantitative estimate of drug-likeness (QED) is 0.617. The first-order valence-electron chi connectivity index (χ1n) is 6.24. The van der Waals surface area contributed by atoms with Crippen LogP contribution in [0.15, 0.2) is 42.5 Å². The van der Waals surface area contributed by atoms with Crippen molar-refractivity contribution in [3.05, 3.63) is 65.2 Å². The van der Waals surface area contributed by atoms with Crippen molar-refractivity contribution in [2.45, 2.75) is 19.8 Å². The maximum Gasteiger partial charge on any atom is 0.346 e. The van der Waals surface area contributed by atoms with Gasteiger partial charge in [-0.1, -0.05) is 26.0 Å². The first kappa shape index (κ1) is 14.2. The second kappa shape index (κ2) is 5.82. The van der Waals surface area contributed by atoms with Gasteiger partial charge in [0, 0.05) is 0 Å². The van der Waals surface area contributed by atoms with Gasteiger partial charge in [-0.2, -0.15) is 0 Å². The van der Waals surface area contributed by atoms with Crippen LogP contribution in [0.5, 0.6) is 5.75 Å². The van der Waals surface area contributed by atoms with E-state index in [-0.39, 0.29) is 0 Å². The minimum Gasteiger partial charge on any atom is -0.423 e. The molecule has 0 amide bonds. The number of halogens is 2. The van der Waals surface area contributed by atoms with Crippen molar-refractivity contribution in [3.63, 3.8) is 0 Å². The highest BCUT2D eigenvalue weighted by Crippen LogP contribution is 2.20. The van der Waals surface area contributed by atoms with Gasteiger partial charge in [0.1, 0.15) is 17.4 Å². The van der Waals surface area contributed by atoms with Crippen molar-refractivity contribution >= 4 is 5.97 Å². The second-order valence-corrected chi connectivity index (χ2v) is 4.74. The van der Waals surface area contributed by atoms with E-state index in [2.05, 4.69) is 0 Å². The third-order valence-corrected chi connectivity index (χ3v) is 2.91. The molecular weight excluding hydrogens is 262 g/mol. The topological polar surface area (TPSA) is 26.3 Å². The number of esters is 1. The Morgan fingerprint density at radius 2 is 1.70 bits per heavy atom. The number of carbonyl (C=O) groups excluding carboxylic acids is 1. The number of hydrogen-bond donors (Lipinski definition) is 0. The molecule has 2 nitrogen and oxygen atoms in total. The van der Waals surface area contributed by atoms with Gasteiger partial charge in [-0.15, -0.1) is 0 Å². The van der Waals surface area contributed by atoms with Crippen LogP contribution in [0.2, 0.25) is 0 Å². The number of ether oxygens (including phenoxy) is 1. The maximum absolute atomic E-state index is 13.4. The van der Waals surface area contributed by atoms with Gasteiger partial charge in [0.2, 0.25) is 0 Å². The lowest BCUT2D eigenvalue weighted by atomic mass is 10.0. The fourth-order valence-corrected chi connectivity index (χ4v) is 1.74. The van der Waals surface area contributed by atoms with Crippen molar-refractivity contribution in [1.29, 1.82) is 0 Å². The van der Waals surface area contributed by atoms with Crippen molar-refractivity contribution < 1.29 is 18.3 Å². The molecule has 0 heterocycles. The van der Waals surface area contributed by atoms with E-state index in [1.807, 2.05) is 26.0 Å². The third-order valence-electron chi connectivity index (χ3n) is 2.91. The molecule has 0 aliphatic heterocycles. The molecule has 20 heavy (non-hydrogen) atoms. The van der Waals surface area contributed by atoms with Gasteiger partial charge in [0.15, 0.2) is 0 Å². The third kappa shape index (κ3) is 3.20. The van der Waals surface area contributed by atoms with E-state index in [0.29, 0.717) is 11.7 Å². The molecule has 0 atom stereocenters. The Labute approximate surface area is 116 Å². The zero-order valence-electron chi connectivity index (χ0n) is 11.2. The Bertz CT molecular complexity index is 619. The molecule has 0 bridgehead atoms. The van der Waals surface area contributed by atoms with Crippen molar-refractivity contribution in [3.8, 4) is 5.75 Å². The van der Waals surface area contributed by atoms with Crippen LogP contribution in [-0.4, -0.2) is 5.97 Å². The van der Waals surface area contributed by atoms with Crippen LogP contribution < -0.4 is 4.74 Å². The SMILES string of the molecule is CC(C)c1ccc(OC(=O)c2cc(F)ccc2F)cc1. The zero-order chi connectivity index (χ0) is 14.7. The van der Waals surface area contributed by atoms with Gasteiger partial charge in [0.05, 0.1) is 5.56 Å². The summed E-state index contributed by atoms with van der Waals surface area (Å²) in [6, 6.07) is 9.58. The predicted octanol–water partition coefficient (Wildman–Crippen LogP) is 4.31. The van der Waals surface area contributed by atoms with E-state index in [9.17, 15) is 13.6 Å². The number of rotatable bonds is 3. The highest BCUT2D eigenvalue weighted by atomic mass is 19.1. The molecular formula is C16H14F2O2. The average Bonchev–Trinajstić information content (AvgIpc) is 2.42. The van der Waals surface area contributed by atoms with E-state index in [4.69, 9.17) is 4.74 Å². The minimum absolute atomic E-state index is 0.295. The van der Waals surface area contributed by atoms with Gasteiger partial charge in [-0.25, -0.2) is 13.6 Å². The molecule has 0 saturated carbocycles. The summed E-state index contributed by atoms with van der Waals surface area (Å²) in [6.45, 7) is 4.09. The fourth-order valence-electron chi connectivity index (χ4n) is 1.74. The van der Waals surface area contributed by atoms with Gasteiger partial charge < -0.3 is 4.74 Å². The standard InChI is InChI=1S/C16H14F2O2/c1-10(2)11-3-6-13(7-4-11)20-16(19)14-9-12(17)5-8-15(14)18/h3-10H,1-2H3. The molecule has 2 aromatic rings. The molecule has 0 unspecified atom stereocenters. The highest BCUT2D eigenvalue weighted by molar-refractivity contribution is 5.91. The molecule has 0 saturated heterocycles. The molecule has 0 radical (unpaired) electrons. The summed E-state index contributed by atoms with van der Waals surface area (Å²) in [5.41, 5.74) is 0.680. The van der Waals surface area contributed by atoms with Crippen LogP contribution in [0.3, 0.4) is 0 Å². The first-order chi connectivity index (χ1) is 9.47. The van der Waals surface area contributed by atoms with E-state index < -0.39 is 23.2 Å². The summed E-state index contributed by atoms with van der Waals surface area (Å²) in [5, 5.41) is 0. The molecule has 2 aromatic carbocycles. The molecule has 2 rings (SSSR count). The van der Waals surface area contributed by atoms with Gasteiger partial charge in [-0.3, -0.25) is 0 Å². The van der Waals surface area contributed by atoms with Crippen LogP contribution in [-0.2, 0) is 0 Å². The molecule has 0 aromatic heterocycles. The molecule has 4 heteroatoms. The summed E-state index contributed by atoms with van der Waals surface area (Å²) in [5.74, 6) is -1.76. The van der Waals surface area contributed by atoms with Crippen LogP contribution >= 0.6 is 0 Å². The second-order valence-electron chi connectivity index (χ2n) is 4.74. The lowest BCUT2D eigenvalue weighted by Gasteiger charge is -2.08. The fraction of sp³-hybridized carbons (Fsp3) is 0.188. The van der Waals surface area contributed by atoms with Crippen molar-refractivity contribution in [1.82, 2.24) is 0 Å². The lowest BCUT2D eigenvalue weighted by molar-refractivity contribution is 0.0729. The highest BCUT2D eigenvalue weighted by Gasteiger charge is 2.15. The minimum atomic E-state index is -0.917. The Morgan fingerprint density at radius 1 is 1.05 bits per heavy atom. The number of benzene rings is 2. The van der Waals surface area contributed by atoms with E-state index >= 15 is 0 Å². The summed E-state index contributed by atoms with van der Waals surface area (Å²) >= 11 is 0. The monoisotopic (exact) mass is 276 g/mol. The Morgan fingerprint density at radius 3 is 2.30 bits per heavy atom. The summed E-state index contributed by atoms with van der Waals surface area (Å²) < 4.78 is 31.5. The van der Waals surface area contributed by atoms with Gasteiger partial charge >= 0.3 is 5.97 Å². The lowest BCUT2D eigenvalue weighted by Crippen LogP contribution is -2.11. The summed E-state index contributed by atoms with van der Waals surface area (Å²) in [7, 11) is 0. The van der Waals surface area contributed by atoms with Crippen molar-refractivity contribution in [2.75, 3.05) is 0 Å². The van der Waals surface area contributed by atoms with Crippen LogP contribution in [0.4, 0.5) is 8.78 Å². The van der Waals surface area contributed by atoms with Crippen molar-refractivity contribution in [2.24, 2.45) is 0 Å². The van der Waals surface area contributed by atoms with E-state index in [1.165, 1.54) is 0 Å². The van der Waals surface area contributed by atoms with Crippen LogP contribution in [0.25, 0.3) is 0 Å². The smallest absolute Gasteiger partial charge is 0.346 e. The largest absolute Gasteiger partial charge is 0.423 e. The normalized spacial score (nSPS) is 10.7. The van der Waals surface area contributed by atoms with Crippen LogP contribution in [0, 0.1) is 11.6 Å².